The highest BCUT2D eigenvalue weighted by Crippen LogP contribution is 2.20. The van der Waals surface area contributed by atoms with Gasteiger partial charge in [0.2, 0.25) is 0 Å². The monoisotopic (exact) mass is 138 g/mol. The van der Waals surface area contributed by atoms with Crippen LogP contribution in [-0.2, 0) is 0 Å². The molecule has 0 spiro atoms. The molecule has 0 aliphatic rings. The molecule has 0 saturated carbocycles. The average Bonchev–Trinajstić information content (AvgIpc) is 2.33. The second-order valence-corrected chi connectivity index (χ2v) is 2.07. The van der Waals surface area contributed by atoms with Crippen LogP contribution in [0.3, 0.4) is 0 Å². The Hall–Kier alpha value is -1.01. The van der Waals surface area contributed by atoms with E-state index in [0.717, 1.165) is 0 Å². The number of thiophene rings is 1. The first-order chi connectivity index (χ1) is 4.38. The lowest BCUT2D eigenvalue weighted by Crippen LogP contribution is -1.80. The molecule has 0 N–H and O–H groups in total. The summed E-state index contributed by atoms with van der Waals surface area (Å²) >= 11 is 1.34. The molecule has 1 aromatic rings. The van der Waals surface area contributed by atoms with E-state index >= 15 is 0 Å². The molecule has 0 fully saturated rings. The third-order valence-electron chi connectivity index (χ3n) is 0.898. The average molecular weight is 138 g/mol. The summed E-state index contributed by atoms with van der Waals surface area (Å²) in [5, 5.41) is 12.9. The van der Waals surface area contributed by atoms with E-state index in [4.69, 9.17) is 10.00 Å². The summed E-state index contributed by atoms with van der Waals surface area (Å²) in [6.07, 6.45) is 0. The molecule has 45 valence electrons. The van der Waals surface area contributed by atoms with Crippen molar-refractivity contribution in [1.29, 1.82) is 5.26 Å². The first-order valence-corrected chi connectivity index (χ1v) is 3.19. The molecular formula is C6H4NOS. The van der Waals surface area contributed by atoms with Gasteiger partial charge < -0.3 is 4.74 Å². The molecule has 1 heterocycles. The zero-order valence-electron chi connectivity index (χ0n) is 4.84. The van der Waals surface area contributed by atoms with Crippen molar-refractivity contribution < 1.29 is 4.74 Å². The van der Waals surface area contributed by atoms with E-state index in [-0.39, 0.29) is 0 Å². The number of nitrogens with zero attached hydrogens (tertiary/aromatic N) is 1. The lowest BCUT2D eigenvalue weighted by Gasteiger charge is -1.90. The molecule has 0 bridgehead atoms. The Morgan fingerprint density at radius 1 is 1.89 bits per heavy atom. The van der Waals surface area contributed by atoms with Crippen LogP contribution in [0.1, 0.15) is 5.56 Å². The van der Waals surface area contributed by atoms with Crippen LogP contribution in [-0.4, -0.2) is 7.11 Å². The van der Waals surface area contributed by atoms with E-state index in [1.807, 2.05) is 6.07 Å². The number of nitriles is 1. The lowest BCUT2D eigenvalue weighted by molar-refractivity contribution is 0.414. The number of rotatable bonds is 1. The Morgan fingerprint density at radius 2 is 2.67 bits per heavy atom. The fourth-order valence-electron chi connectivity index (χ4n) is 0.479. The Balaban J connectivity index is 3.02. The van der Waals surface area contributed by atoms with Crippen LogP contribution in [0, 0.1) is 16.7 Å². The molecule has 2 nitrogen and oxygen atoms in total. The summed E-state index contributed by atoms with van der Waals surface area (Å²) in [4.78, 5) is 0. The van der Waals surface area contributed by atoms with Gasteiger partial charge in [0.05, 0.1) is 12.5 Å². The van der Waals surface area contributed by atoms with E-state index in [9.17, 15) is 0 Å². The summed E-state index contributed by atoms with van der Waals surface area (Å²) < 4.78 is 4.81. The first kappa shape index (κ1) is 6.12. The standard InChI is InChI=1S/C6H4NOS/c1-8-6-4-9-3-5(6)2-7/h3H,1H3. The SMILES string of the molecule is COc1[c]scc1C#N. The van der Waals surface area contributed by atoms with Crippen molar-refractivity contribution in [3.8, 4) is 11.8 Å². The molecular weight excluding hydrogens is 134 g/mol. The number of ether oxygens (including phenoxy) is 1. The van der Waals surface area contributed by atoms with Crippen molar-refractivity contribution >= 4 is 11.3 Å². The molecule has 1 aromatic heterocycles. The second-order valence-electron chi connectivity index (χ2n) is 1.40. The van der Waals surface area contributed by atoms with Crippen LogP contribution in [0.25, 0.3) is 0 Å². The summed E-state index contributed by atoms with van der Waals surface area (Å²) in [6, 6.07) is 1.98. The van der Waals surface area contributed by atoms with Gasteiger partial charge >= 0.3 is 0 Å². The van der Waals surface area contributed by atoms with Gasteiger partial charge in [-0.2, -0.15) is 5.26 Å². The van der Waals surface area contributed by atoms with Gasteiger partial charge in [0.25, 0.3) is 0 Å². The Kier molecular flexibility index (Phi) is 1.71. The highest BCUT2D eigenvalue weighted by molar-refractivity contribution is 7.07. The number of methoxy groups -OCH3 is 1. The lowest BCUT2D eigenvalue weighted by atomic mass is 10.3. The van der Waals surface area contributed by atoms with Gasteiger partial charge in [-0.05, 0) is 0 Å². The Morgan fingerprint density at radius 3 is 3.11 bits per heavy atom. The fraction of sp³-hybridized carbons (Fsp3) is 0.167. The highest BCUT2D eigenvalue weighted by atomic mass is 32.1. The quantitative estimate of drug-likeness (QED) is 0.588. The Bertz CT molecular complexity index is 235. The maximum absolute atomic E-state index is 8.40. The van der Waals surface area contributed by atoms with Crippen LogP contribution in [0.5, 0.6) is 5.75 Å². The van der Waals surface area contributed by atoms with Gasteiger partial charge in [-0.15, -0.1) is 11.3 Å². The minimum atomic E-state index is 0.544. The summed E-state index contributed by atoms with van der Waals surface area (Å²) in [5.41, 5.74) is 0.558. The molecule has 0 saturated heterocycles. The minimum absolute atomic E-state index is 0.544. The molecule has 0 aliphatic heterocycles. The first-order valence-electron chi connectivity index (χ1n) is 2.31. The summed E-state index contributed by atoms with van der Waals surface area (Å²) in [6.45, 7) is 0. The maximum Gasteiger partial charge on any atom is 0.156 e. The molecule has 0 aromatic carbocycles. The molecule has 0 amide bonds. The molecule has 0 aliphatic carbocycles. The van der Waals surface area contributed by atoms with E-state index < -0.39 is 0 Å². The summed E-state index contributed by atoms with van der Waals surface area (Å²) in [7, 11) is 1.53. The smallest absolute Gasteiger partial charge is 0.156 e. The van der Waals surface area contributed by atoms with Gasteiger partial charge in [-0.1, -0.05) is 0 Å². The maximum atomic E-state index is 8.40. The van der Waals surface area contributed by atoms with Crippen LogP contribution < -0.4 is 4.74 Å². The molecule has 9 heavy (non-hydrogen) atoms. The topological polar surface area (TPSA) is 33.0 Å². The second kappa shape index (κ2) is 2.51. The molecule has 0 atom stereocenters. The van der Waals surface area contributed by atoms with Gasteiger partial charge in [0.1, 0.15) is 11.6 Å². The van der Waals surface area contributed by atoms with Crippen LogP contribution in [0.15, 0.2) is 5.38 Å². The summed E-state index contributed by atoms with van der Waals surface area (Å²) in [5.74, 6) is 0.544. The van der Waals surface area contributed by atoms with E-state index in [1.165, 1.54) is 18.4 Å². The van der Waals surface area contributed by atoms with Crippen molar-refractivity contribution in [3.05, 3.63) is 16.3 Å². The molecule has 1 rings (SSSR count). The van der Waals surface area contributed by atoms with Crippen molar-refractivity contribution in [3.63, 3.8) is 0 Å². The third kappa shape index (κ3) is 1.03. The normalized spacial score (nSPS) is 8.44. The molecule has 3 heteroatoms. The van der Waals surface area contributed by atoms with E-state index in [1.54, 1.807) is 5.38 Å². The predicted molar refractivity (Wildman–Crippen MR) is 34.4 cm³/mol. The largest absolute Gasteiger partial charge is 0.494 e. The Labute approximate surface area is 57.3 Å². The molecule has 1 radical (unpaired) electrons. The van der Waals surface area contributed by atoms with Crippen molar-refractivity contribution in [2.24, 2.45) is 0 Å². The van der Waals surface area contributed by atoms with Crippen LogP contribution >= 0.6 is 11.3 Å². The third-order valence-corrected chi connectivity index (χ3v) is 1.55. The predicted octanol–water partition coefficient (Wildman–Crippen LogP) is 1.43. The number of hydrogen-bond acceptors (Lipinski definition) is 3. The zero-order valence-corrected chi connectivity index (χ0v) is 5.66. The number of hydrogen-bond donors (Lipinski definition) is 0. The minimum Gasteiger partial charge on any atom is -0.494 e. The van der Waals surface area contributed by atoms with E-state index in [2.05, 4.69) is 5.38 Å². The van der Waals surface area contributed by atoms with Gasteiger partial charge in [0.15, 0.2) is 5.75 Å². The van der Waals surface area contributed by atoms with E-state index in [0.29, 0.717) is 11.3 Å². The van der Waals surface area contributed by atoms with Gasteiger partial charge in [-0.3, -0.25) is 0 Å². The molecule has 0 unspecified atom stereocenters. The highest BCUT2D eigenvalue weighted by Gasteiger charge is 2.00. The van der Waals surface area contributed by atoms with Crippen molar-refractivity contribution in [2.45, 2.75) is 0 Å². The van der Waals surface area contributed by atoms with Gasteiger partial charge in [0, 0.05) is 5.38 Å². The van der Waals surface area contributed by atoms with Crippen molar-refractivity contribution in [2.75, 3.05) is 7.11 Å². The van der Waals surface area contributed by atoms with Crippen LogP contribution in [0.2, 0.25) is 0 Å². The zero-order chi connectivity index (χ0) is 6.69. The van der Waals surface area contributed by atoms with Crippen LogP contribution in [0.4, 0.5) is 0 Å². The van der Waals surface area contributed by atoms with Gasteiger partial charge in [-0.25, -0.2) is 0 Å². The van der Waals surface area contributed by atoms with Crippen molar-refractivity contribution in [1.82, 2.24) is 0 Å². The fourth-order valence-corrected chi connectivity index (χ4v) is 1.12.